The zero-order chi connectivity index (χ0) is 16.1. The first kappa shape index (κ1) is 16.9. The smallest absolute Gasteiger partial charge is 0.233 e. The van der Waals surface area contributed by atoms with E-state index >= 15 is 0 Å². The van der Waals surface area contributed by atoms with E-state index in [-0.39, 0.29) is 11.9 Å². The van der Waals surface area contributed by atoms with Crippen LogP contribution in [-0.4, -0.2) is 44.8 Å². The number of carbonyl (C=O) groups is 1. The van der Waals surface area contributed by atoms with Crippen LogP contribution in [0.1, 0.15) is 23.2 Å². The summed E-state index contributed by atoms with van der Waals surface area (Å²) in [5.74, 6) is 0.481. The largest absolute Gasteiger partial charge is 0.342 e. The number of thioether (sulfide) groups is 1. The molecule has 2 rings (SSSR count). The second-order valence-electron chi connectivity index (χ2n) is 5.26. The van der Waals surface area contributed by atoms with Gasteiger partial charge in [-0.2, -0.15) is 0 Å². The van der Waals surface area contributed by atoms with Gasteiger partial charge in [0, 0.05) is 31.4 Å². The van der Waals surface area contributed by atoms with Crippen molar-refractivity contribution in [3.63, 3.8) is 0 Å². The van der Waals surface area contributed by atoms with Gasteiger partial charge in [0.2, 0.25) is 5.91 Å². The average Bonchev–Trinajstić information content (AvgIpc) is 2.89. The number of aryl methyl sites for hydroxylation is 2. The van der Waals surface area contributed by atoms with Gasteiger partial charge >= 0.3 is 0 Å². The first-order valence-corrected chi connectivity index (χ1v) is 8.86. The molecule has 0 unspecified atom stereocenters. The fourth-order valence-corrected chi connectivity index (χ4v) is 3.70. The van der Waals surface area contributed by atoms with Crippen molar-refractivity contribution in [3.05, 3.63) is 34.6 Å². The Morgan fingerprint density at radius 2 is 2.18 bits per heavy atom. The number of carbonyl (C=O) groups excluding carboxylic acids is 1. The normalized spacial score (nSPS) is 12.2. The lowest BCUT2D eigenvalue weighted by atomic mass is 10.1. The van der Waals surface area contributed by atoms with Crippen molar-refractivity contribution in [1.82, 2.24) is 20.1 Å². The van der Waals surface area contributed by atoms with Gasteiger partial charge < -0.3 is 4.90 Å². The van der Waals surface area contributed by atoms with Crippen molar-refractivity contribution in [2.45, 2.75) is 37.6 Å². The van der Waals surface area contributed by atoms with Crippen LogP contribution in [0.2, 0.25) is 0 Å². The molecule has 0 fully saturated rings. The third kappa shape index (κ3) is 4.78. The van der Waals surface area contributed by atoms with E-state index in [1.807, 2.05) is 40.1 Å². The van der Waals surface area contributed by atoms with Crippen molar-refractivity contribution in [2.75, 3.05) is 12.8 Å². The molecule has 2 heterocycles. The molecular formula is C15H20N4OS2. The lowest BCUT2D eigenvalue weighted by molar-refractivity contribution is -0.128. The fourth-order valence-electron chi connectivity index (χ4n) is 1.96. The van der Waals surface area contributed by atoms with Crippen molar-refractivity contribution < 1.29 is 4.79 Å². The summed E-state index contributed by atoms with van der Waals surface area (Å²) in [5, 5.41) is 8.89. The van der Waals surface area contributed by atoms with Crippen LogP contribution in [0.5, 0.6) is 0 Å². The predicted molar refractivity (Wildman–Crippen MR) is 90.3 cm³/mol. The molecule has 0 spiro atoms. The summed E-state index contributed by atoms with van der Waals surface area (Å²) in [6.45, 7) is 6.00. The molecule has 0 saturated heterocycles. The highest BCUT2D eigenvalue weighted by Gasteiger charge is 2.17. The van der Waals surface area contributed by atoms with Crippen LogP contribution in [-0.2, 0) is 11.2 Å². The van der Waals surface area contributed by atoms with Gasteiger partial charge in [-0.25, -0.2) is 0 Å². The Bertz CT molecular complexity index is 644. The van der Waals surface area contributed by atoms with Crippen LogP contribution in [0.3, 0.4) is 0 Å². The summed E-state index contributed by atoms with van der Waals surface area (Å²) < 4.78 is 0.840. The molecule has 2 aromatic heterocycles. The number of amides is 1. The van der Waals surface area contributed by atoms with Crippen molar-refractivity contribution >= 4 is 29.0 Å². The Hall–Kier alpha value is -1.47. The molecule has 2 aromatic rings. The molecule has 118 valence electrons. The van der Waals surface area contributed by atoms with E-state index in [0.717, 1.165) is 21.5 Å². The van der Waals surface area contributed by atoms with Gasteiger partial charge in [0.15, 0.2) is 4.34 Å². The molecular weight excluding hydrogens is 316 g/mol. The minimum Gasteiger partial charge on any atom is -0.342 e. The Kier molecular flexibility index (Phi) is 5.90. The third-order valence-corrected chi connectivity index (χ3v) is 5.31. The second-order valence-corrected chi connectivity index (χ2v) is 7.66. The van der Waals surface area contributed by atoms with Crippen LogP contribution in [0.4, 0.5) is 0 Å². The van der Waals surface area contributed by atoms with Gasteiger partial charge in [-0.05, 0) is 38.5 Å². The molecule has 0 aromatic carbocycles. The molecule has 7 heteroatoms. The number of hydrogen-bond acceptors (Lipinski definition) is 6. The maximum Gasteiger partial charge on any atom is 0.233 e. The zero-order valence-electron chi connectivity index (χ0n) is 13.2. The average molecular weight is 336 g/mol. The first-order valence-electron chi connectivity index (χ1n) is 7.06. The van der Waals surface area contributed by atoms with Crippen LogP contribution in [0, 0.1) is 13.8 Å². The van der Waals surface area contributed by atoms with Crippen molar-refractivity contribution in [3.8, 4) is 0 Å². The minimum atomic E-state index is 0.0954. The van der Waals surface area contributed by atoms with E-state index in [1.54, 1.807) is 4.90 Å². The van der Waals surface area contributed by atoms with E-state index in [1.165, 1.54) is 28.7 Å². The topological polar surface area (TPSA) is 59.0 Å². The molecule has 0 aliphatic rings. The molecule has 22 heavy (non-hydrogen) atoms. The molecule has 5 nitrogen and oxygen atoms in total. The molecule has 0 saturated carbocycles. The standard InChI is InChI=1S/C15H20N4OS2/c1-10-5-6-16-13(7-10)8-11(2)19(4)14(20)9-21-15-18-17-12(3)22-15/h5-7,11H,8-9H2,1-4H3/t11-/m0/s1. The summed E-state index contributed by atoms with van der Waals surface area (Å²) in [6, 6.07) is 4.15. The fraction of sp³-hybridized carbons (Fsp3) is 0.467. The Balaban J connectivity index is 1.86. The van der Waals surface area contributed by atoms with E-state index in [0.29, 0.717) is 5.75 Å². The van der Waals surface area contributed by atoms with Gasteiger partial charge in [-0.3, -0.25) is 9.78 Å². The third-order valence-electron chi connectivity index (χ3n) is 3.36. The number of pyridine rings is 1. The quantitative estimate of drug-likeness (QED) is 0.759. The van der Waals surface area contributed by atoms with Gasteiger partial charge in [-0.1, -0.05) is 23.1 Å². The summed E-state index contributed by atoms with van der Waals surface area (Å²) in [5.41, 5.74) is 2.20. The monoisotopic (exact) mass is 336 g/mol. The van der Waals surface area contributed by atoms with Crippen LogP contribution >= 0.6 is 23.1 Å². The minimum absolute atomic E-state index is 0.0954. The predicted octanol–water partition coefficient (Wildman–Crippen LogP) is 2.73. The first-order chi connectivity index (χ1) is 10.5. The summed E-state index contributed by atoms with van der Waals surface area (Å²) in [7, 11) is 1.84. The van der Waals surface area contributed by atoms with Gasteiger partial charge in [0.05, 0.1) is 5.75 Å². The Labute approximate surface area is 139 Å². The molecule has 0 radical (unpaired) electrons. The van der Waals surface area contributed by atoms with E-state index in [9.17, 15) is 4.79 Å². The van der Waals surface area contributed by atoms with E-state index < -0.39 is 0 Å². The van der Waals surface area contributed by atoms with Gasteiger partial charge in [-0.15, -0.1) is 10.2 Å². The van der Waals surface area contributed by atoms with E-state index in [4.69, 9.17) is 0 Å². The van der Waals surface area contributed by atoms with Crippen LogP contribution < -0.4 is 0 Å². The van der Waals surface area contributed by atoms with Crippen LogP contribution in [0.25, 0.3) is 0 Å². The van der Waals surface area contributed by atoms with E-state index in [2.05, 4.69) is 21.2 Å². The number of aromatic nitrogens is 3. The lowest BCUT2D eigenvalue weighted by Crippen LogP contribution is -2.37. The molecule has 1 amide bonds. The molecule has 0 aliphatic heterocycles. The maximum atomic E-state index is 12.3. The number of hydrogen-bond donors (Lipinski definition) is 0. The number of likely N-dealkylation sites (N-methyl/N-ethyl adjacent to an activating group) is 1. The maximum absolute atomic E-state index is 12.3. The summed E-state index contributed by atoms with van der Waals surface area (Å²) >= 11 is 2.96. The SMILES string of the molecule is Cc1ccnc(C[C@H](C)N(C)C(=O)CSc2nnc(C)s2)c1. The summed E-state index contributed by atoms with van der Waals surface area (Å²) in [6.07, 6.45) is 2.57. The molecule has 0 bridgehead atoms. The Morgan fingerprint density at radius 3 is 2.82 bits per heavy atom. The lowest BCUT2D eigenvalue weighted by Gasteiger charge is -2.24. The van der Waals surface area contributed by atoms with Crippen LogP contribution in [0.15, 0.2) is 22.7 Å². The molecule has 1 atom stereocenters. The highest BCUT2D eigenvalue weighted by Crippen LogP contribution is 2.22. The summed E-state index contributed by atoms with van der Waals surface area (Å²) in [4.78, 5) is 18.4. The number of rotatable bonds is 6. The highest BCUT2D eigenvalue weighted by atomic mass is 32.2. The van der Waals surface area contributed by atoms with Crippen molar-refractivity contribution in [2.24, 2.45) is 0 Å². The molecule has 0 aliphatic carbocycles. The van der Waals surface area contributed by atoms with Gasteiger partial charge in [0.25, 0.3) is 0 Å². The van der Waals surface area contributed by atoms with Crippen molar-refractivity contribution in [1.29, 1.82) is 0 Å². The zero-order valence-corrected chi connectivity index (χ0v) is 14.9. The second kappa shape index (κ2) is 7.69. The van der Waals surface area contributed by atoms with Gasteiger partial charge in [0.1, 0.15) is 5.01 Å². The highest BCUT2D eigenvalue weighted by molar-refractivity contribution is 8.01. The molecule has 0 N–H and O–H groups in total. The Morgan fingerprint density at radius 1 is 1.41 bits per heavy atom. The number of nitrogens with zero attached hydrogens (tertiary/aromatic N) is 4.